The second-order valence-electron chi connectivity index (χ2n) is 7.44. The van der Waals surface area contributed by atoms with Crippen molar-refractivity contribution in [3.05, 3.63) is 24.3 Å². The molecule has 0 bridgehead atoms. The predicted molar refractivity (Wildman–Crippen MR) is 107 cm³/mol. The molecule has 1 aromatic carbocycles. The number of carbonyl (C=O) groups is 2. The first-order valence-electron chi connectivity index (χ1n) is 9.68. The van der Waals surface area contributed by atoms with Gasteiger partial charge in [-0.3, -0.25) is 9.59 Å². The molecule has 2 fully saturated rings. The average Bonchev–Trinajstić information content (AvgIpc) is 2.68. The van der Waals surface area contributed by atoms with Crippen LogP contribution in [0.15, 0.2) is 29.2 Å². The highest BCUT2D eigenvalue weighted by molar-refractivity contribution is 7.89. The molecule has 2 saturated heterocycles. The summed E-state index contributed by atoms with van der Waals surface area (Å²) in [5.74, 6) is -0.307. The van der Waals surface area contributed by atoms with Gasteiger partial charge in [0, 0.05) is 39.1 Å². The molecule has 0 radical (unpaired) electrons. The maximum absolute atomic E-state index is 13.0. The Labute approximate surface area is 166 Å². The van der Waals surface area contributed by atoms with Crippen molar-refractivity contribution in [3.63, 3.8) is 0 Å². The molecule has 28 heavy (non-hydrogen) atoms. The molecule has 8 nitrogen and oxygen atoms in total. The second-order valence-corrected chi connectivity index (χ2v) is 9.12. The molecule has 0 aliphatic carbocycles. The van der Waals surface area contributed by atoms with Crippen molar-refractivity contribution in [2.45, 2.75) is 37.1 Å². The van der Waals surface area contributed by atoms with E-state index in [2.05, 4.69) is 9.62 Å². The first-order valence-corrected chi connectivity index (χ1v) is 11.2. The molecule has 154 valence electrons. The molecule has 0 unspecified atom stereocenters. The molecule has 0 saturated carbocycles. The van der Waals surface area contributed by atoms with E-state index in [9.17, 15) is 18.0 Å². The predicted octanol–water partition coefficient (Wildman–Crippen LogP) is 0.644. The number of carbonyl (C=O) groups excluding carboxylic acids is 2. The third-order valence-corrected chi connectivity index (χ3v) is 6.87. The Hall–Kier alpha value is -1.97. The number of nitrogens with zero attached hydrogens (tertiary/aromatic N) is 3. The van der Waals surface area contributed by atoms with E-state index in [-0.39, 0.29) is 16.7 Å². The van der Waals surface area contributed by atoms with E-state index in [1.165, 1.54) is 11.0 Å². The molecule has 1 N–H and O–H groups in total. The molecular weight excluding hydrogens is 380 g/mol. The van der Waals surface area contributed by atoms with E-state index in [4.69, 9.17) is 0 Å². The minimum absolute atomic E-state index is 0.0308. The van der Waals surface area contributed by atoms with Crippen LogP contribution in [0, 0.1) is 0 Å². The topological polar surface area (TPSA) is 90.0 Å². The standard InChI is InChI=1S/C19H28N4O4S/c1-15(19(25)22-13-11-21(2)12-14-22)20-28(26,27)17-8-4-3-7-16(17)23-10-6-5-9-18(23)24/h3-4,7-8,15,20H,5-6,9-14H2,1-2H3/t15-/m0/s1. The van der Waals surface area contributed by atoms with E-state index in [1.54, 1.807) is 30.0 Å². The number of nitrogens with one attached hydrogen (secondary N) is 1. The molecule has 2 amide bonds. The number of sulfonamides is 1. The number of amides is 2. The highest BCUT2D eigenvalue weighted by atomic mass is 32.2. The second kappa shape index (κ2) is 8.59. The zero-order valence-electron chi connectivity index (χ0n) is 16.4. The zero-order chi connectivity index (χ0) is 20.3. The summed E-state index contributed by atoms with van der Waals surface area (Å²) < 4.78 is 28.6. The van der Waals surface area contributed by atoms with Crippen LogP contribution in [0.2, 0.25) is 0 Å². The van der Waals surface area contributed by atoms with Gasteiger partial charge in [0.15, 0.2) is 0 Å². The Morgan fingerprint density at radius 3 is 2.43 bits per heavy atom. The summed E-state index contributed by atoms with van der Waals surface area (Å²) in [6, 6.07) is 5.59. The minimum atomic E-state index is -3.96. The van der Waals surface area contributed by atoms with Crippen LogP contribution >= 0.6 is 0 Å². The van der Waals surface area contributed by atoms with Crippen LogP contribution in [-0.4, -0.2) is 75.8 Å². The lowest BCUT2D eigenvalue weighted by atomic mass is 10.1. The number of hydrogen-bond donors (Lipinski definition) is 1. The van der Waals surface area contributed by atoms with Crippen LogP contribution < -0.4 is 9.62 Å². The normalized spacial score (nSPS) is 20.3. The quantitative estimate of drug-likeness (QED) is 0.772. The number of piperazine rings is 1. The van der Waals surface area contributed by atoms with Gasteiger partial charge in [-0.05, 0) is 38.9 Å². The van der Waals surface area contributed by atoms with Gasteiger partial charge in [0.25, 0.3) is 0 Å². The Morgan fingerprint density at radius 2 is 1.75 bits per heavy atom. The van der Waals surface area contributed by atoms with Gasteiger partial charge < -0.3 is 14.7 Å². The van der Waals surface area contributed by atoms with E-state index in [0.29, 0.717) is 31.7 Å². The number of benzene rings is 1. The van der Waals surface area contributed by atoms with E-state index >= 15 is 0 Å². The first-order chi connectivity index (χ1) is 13.3. The van der Waals surface area contributed by atoms with Crippen molar-refractivity contribution in [1.82, 2.24) is 14.5 Å². The lowest BCUT2D eigenvalue weighted by Crippen LogP contribution is -2.53. The van der Waals surface area contributed by atoms with Gasteiger partial charge in [-0.15, -0.1) is 0 Å². The van der Waals surface area contributed by atoms with Crippen molar-refractivity contribution >= 4 is 27.5 Å². The highest BCUT2D eigenvalue weighted by Gasteiger charge is 2.31. The smallest absolute Gasteiger partial charge is 0.243 e. The summed E-state index contributed by atoms with van der Waals surface area (Å²) in [6.07, 6.45) is 2.07. The van der Waals surface area contributed by atoms with Gasteiger partial charge in [0.2, 0.25) is 21.8 Å². The summed E-state index contributed by atoms with van der Waals surface area (Å²) in [5, 5.41) is 0. The van der Waals surface area contributed by atoms with Crippen molar-refractivity contribution in [2.24, 2.45) is 0 Å². The third kappa shape index (κ3) is 4.53. The van der Waals surface area contributed by atoms with Crippen molar-refractivity contribution in [2.75, 3.05) is 44.7 Å². The SMILES string of the molecule is C[C@H](NS(=O)(=O)c1ccccc1N1CCCCC1=O)C(=O)N1CCN(C)CC1. The molecule has 0 spiro atoms. The van der Waals surface area contributed by atoms with Crippen LogP contribution in [0.5, 0.6) is 0 Å². The lowest BCUT2D eigenvalue weighted by Gasteiger charge is -2.34. The summed E-state index contributed by atoms with van der Waals surface area (Å²) >= 11 is 0. The van der Waals surface area contributed by atoms with E-state index < -0.39 is 16.1 Å². The Kier molecular flexibility index (Phi) is 6.36. The van der Waals surface area contributed by atoms with E-state index in [1.807, 2.05) is 7.05 Å². The van der Waals surface area contributed by atoms with Gasteiger partial charge in [-0.25, -0.2) is 8.42 Å². The number of hydrogen-bond acceptors (Lipinski definition) is 5. The molecule has 1 atom stereocenters. The first kappa shape index (κ1) is 20.8. The number of rotatable bonds is 5. The maximum Gasteiger partial charge on any atom is 0.243 e. The largest absolute Gasteiger partial charge is 0.339 e. The molecule has 2 heterocycles. The molecule has 0 aromatic heterocycles. The number of anilines is 1. The number of para-hydroxylation sites is 1. The van der Waals surface area contributed by atoms with Gasteiger partial charge in [0.1, 0.15) is 4.90 Å². The van der Waals surface area contributed by atoms with Gasteiger partial charge in [-0.2, -0.15) is 4.72 Å². The Balaban J connectivity index is 1.77. The van der Waals surface area contributed by atoms with Crippen molar-refractivity contribution in [3.8, 4) is 0 Å². The molecule has 3 rings (SSSR count). The van der Waals surface area contributed by atoms with Crippen LogP contribution in [0.1, 0.15) is 26.2 Å². The lowest BCUT2D eigenvalue weighted by molar-refractivity contribution is -0.134. The fraction of sp³-hybridized carbons (Fsp3) is 0.579. The monoisotopic (exact) mass is 408 g/mol. The Morgan fingerprint density at radius 1 is 1.07 bits per heavy atom. The van der Waals surface area contributed by atoms with Crippen LogP contribution in [0.4, 0.5) is 5.69 Å². The third-order valence-electron chi connectivity index (χ3n) is 5.29. The fourth-order valence-electron chi connectivity index (χ4n) is 3.62. The minimum Gasteiger partial charge on any atom is -0.339 e. The molecule has 9 heteroatoms. The number of likely N-dealkylation sites (N-methyl/N-ethyl adjacent to an activating group) is 1. The highest BCUT2D eigenvalue weighted by Crippen LogP contribution is 2.28. The zero-order valence-corrected chi connectivity index (χ0v) is 17.2. The Bertz CT molecular complexity index is 834. The summed E-state index contributed by atoms with van der Waals surface area (Å²) in [4.78, 5) is 30.3. The van der Waals surface area contributed by atoms with Crippen molar-refractivity contribution < 1.29 is 18.0 Å². The molecule has 2 aliphatic rings. The number of piperidine rings is 1. The summed E-state index contributed by atoms with van der Waals surface area (Å²) in [7, 11) is -1.97. The molecule has 2 aliphatic heterocycles. The summed E-state index contributed by atoms with van der Waals surface area (Å²) in [6.45, 7) is 4.77. The van der Waals surface area contributed by atoms with Crippen LogP contribution in [-0.2, 0) is 19.6 Å². The van der Waals surface area contributed by atoms with E-state index in [0.717, 1.165) is 25.9 Å². The maximum atomic E-state index is 13.0. The van der Waals surface area contributed by atoms with Gasteiger partial charge >= 0.3 is 0 Å². The van der Waals surface area contributed by atoms with Gasteiger partial charge in [-0.1, -0.05) is 12.1 Å². The fourth-order valence-corrected chi connectivity index (χ4v) is 5.02. The average molecular weight is 409 g/mol. The van der Waals surface area contributed by atoms with Gasteiger partial charge in [0.05, 0.1) is 11.7 Å². The summed E-state index contributed by atoms with van der Waals surface area (Å²) in [5.41, 5.74) is 0.374. The van der Waals surface area contributed by atoms with Crippen LogP contribution in [0.3, 0.4) is 0 Å². The molecular formula is C19H28N4O4S. The molecule has 1 aromatic rings. The van der Waals surface area contributed by atoms with Crippen LogP contribution in [0.25, 0.3) is 0 Å². The van der Waals surface area contributed by atoms with Crippen molar-refractivity contribution in [1.29, 1.82) is 0 Å².